The summed E-state index contributed by atoms with van der Waals surface area (Å²) in [4.78, 5) is 15.3. The zero-order valence-corrected chi connectivity index (χ0v) is 18.4. The molecule has 0 bridgehead atoms. The molecule has 2 aliphatic heterocycles. The Balaban J connectivity index is 1.66. The van der Waals surface area contributed by atoms with Gasteiger partial charge in [0.15, 0.2) is 0 Å². The van der Waals surface area contributed by atoms with E-state index >= 15 is 0 Å². The molecule has 0 radical (unpaired) electrons. The molecule has 1 unspecified atom stereocenters. The number of allylic oxidation sites excluding steroid dienone is 1. The van der Waals surface area contributed by atoms with Gasteiger partial charge in [0.05, 0.1) is 10.6 Å². The zero-order chi connectivity index (χ0) is 21.4. The Labute approximate surface area is 179 Å². The van der Waals surface area contributed by atoms with Crippen molar-refractivity contribution in [2.45, 2.75) is 43.4 Å². The number of hydrogen-bond donors (Lipinski definition) is 0. The minimum Gasteiger partial charge on any atom is -0.339 e. The summed E-state index contributed by atoms with van der Waals surface area (Å²) in [5.41, 5.74) is 2.03. The Hall–Kier alpha value is -2.60. The number of carbonyl (C=O) groups is 1. The Morgan fingerprint density at radius 1 is 1.07 bits per heavy atom. The van der Waals surface area contributed by atoms with Crippen LogP contribution in [0.15, 0.2) is 65.6 Å². The van der Waals surface area contributed by atoms with Gasteiger partial charge in [0.25, 0.3) is 10.0 Å². The first kappa shape index (κ1) is 20.7. The number of anilines is 1. The van der Waals surface area contributed by atoms with Gasteiger partial charge >= 0.3 is 0 Å². The molecule has 0 saturated carbocycles. The van der Waals surface area contributed by atoms with Gasteiger partial charge < -0.3 is 4.90 Å². The number of aryl methyl sites for hydroxylation is 1. The number of para-hydroxylation sites is 1. The minimum atomic E-state index is -3.71. The second-order valence-electron chi connectivity index (χ2n) is 8.53. The van der Waals surface area contributed by atoms with E-state index in [4.69, 9.17) is 0 Å². The molecular formula is C24H28N2O3S. The fraction of sp³-hybridized carbons (Fsp3) is 0.375. The highest BCUT2D eigenvalue weighted by molar-refractivity contribution is 7.92. The van der Waals surface area contributed by atoms with Crippen molar-refractivity contribution in [2.24, 2.45) is 0 Å². The van der Waals surface area contributed by atoms with Crippen molar-refractivity contribution in [1.82, 2.24) is 4.90 Å². The monoisotopic (exact) mass is 424 g/mol. The van der Waals surface area contributed by atoms with Crippen molar-refractivity contribution < 1.29 is 13.2 Å². The van der Waals surface area contributed by atoms with E-state index in [1.807, 2.05) is 61.2 Å². The van der Waals surface area contributed by atoms with Gasteiger partial charge in [0.2, 0.25) is 5.91 Å². The summed E-state index contributed by atoms with van der Waals surface area (Å²) < 4.78 is 28.4. The third kappa shape index (κ3) is 3.76. The van der Waals surface area contributed by atoms with Gasteiger partial charge in [-0.1, -0.05) is 55.0 Å². The van der Waals surface area contributed by atoms with Crippen LogP contribution >= 0.6 is 0 Å². The lowest BCUT2D eigenvalue weighted by molar-refractivity contribution is -0.131. The van der Waals surface area contributed by atoms with Gasteiger partial charge in [-0.3, -0.25) is 9.10 Å². The number of sulfonamides is 1. The normalized spacial score (nSPS) is 21.4. The molecule has 0 fully saturated rings. The first-order valence-electron chi connectivity index (χ1n) is 10.4. The smallest absolute Gasteiger partial charge is 0.264 e. The molecule has 2 aliphatic rings. The Bertz CT molecular complexity index is 1080. The van der Waals surface area contributed by atoms with Crippen LogP contribution in [0, 0.1) is 6.92 Å². The fourth-order valence-electron chi connectivity index (χ4n) is 4.37. The number of amides is 1. The molecule has 0 spiro atoms. The zero-order valence-electron chi connectivity index (χ0n) is 17.5. The maximum absolute atomic E-state index is 13.5. The number of hydrogen-bond acceptors (Lipinski definition) is 3. The van der Waals surface area contributed by atoms with Crippen molar-refractivity contribution in [3.8, 4) is 0 Å². The molecule has 2 aromatic rings. The Morgan fingerprint density at radius 2 is 1.80 bits per heavy atom. The van der Waals surface area contributed by atoms with Gasteiger partial charge in [0.1, 0.15) is 0 Å². The molecule has 0 aromatic heterocycles. The molecule has 0 aliphatic carbocycles. The van der Waals surface area contributed by atoms with Crippen molar-refractivity contribution in [3.05, 3.63) is 71.8 Å². The molecule has 2 aromatic carbocycles. The van der Waals surface area contributed by atoms with E-state index in [1.54, 1.807) is 12.1 Å². The summed E-state index contributed by atoms with van der Waals surface area (Å²) in [6.07, 6.45) is 6.41. The molecule has 1 amide bonds. The van der Waals surface area contributed by atoms with Crippen LogP contribution in [0.25, 0.3) is 0 Å². The van der Waals surface area contributed by atoms with Gasteiger partial charge in [-0.2, -0.15) is 0 Å². The van der Waals surface area contributed by atoms with E-state index in [9.17, 15) is 13.2 Å². The Kier molecular flexibility index (Phi) is 5.45. The van der Waals surface area contributed by atoms with Crippen LogP contribution < -0.4 is 4.31 Å². The number of fused-ring (bicyclic) bond motifs is 1. The lowest BCUT2D eigenvalue weighted by Crippen LogP contribution is -2.40. The van der Waals surface area contributed by atoms with E-state index < -0.39 is 15.4 Å². The molecule has 158 valence electrons. The quantitative estimate of drug-likeness (QED) is 0.697. The maximum Gasteiger partial charge on any atom is 0.264 e. The number of benzene rings is 2. The molecule has 0 saturated heterocycles. The van der Waals surface area contributed by atoms with Crippen molar-refractivity contribution in [2.75, 3.05) is 23.9 Å². The third-order valence-electron chi connectivity index (χ3n) is 6.11. The highest BCUT2D eigenvalue weighted by atomic mass is 32.2. The van der Waals surface area contributed by atoms with Crippen LogP contribution in [0.3, 0.4) is 0 Å². The van der Waals surface area contributed by atoms with Crippen LogP contribution in [0.1, 0.15) is 37.3 Å². The third-order valence-corrected chi connectivity index (χ3v) is 7.88. The summed E-state index contributed by atoms with van der Waals surface area (Å²) in [5, 5.41) is 0. The predicted octanol–water partition coefficient (Wildman–Crippen LogP) is 4.03. The lowest BCUT2D eigenvalue weighted by Gasteiger charge is -2.29. The molecule has 5 nitrogen and oxygen atoms in total. The van der Waals surface area contributed by atoms with Crippen molar-refractivity contribution >= 4 is 21.6 Å². The second-order valence-corrected chi connectivity index (χ2v) is 10.4. The molecule has 4 rings (SSSR count). The van der Waals surface area contributed by atoms with Crippen LogP contribution in [0.5, 0.6) is 0 Å². The van der Waals surface area contributed by atoms with E-state index in [0.717, 1.165) is 30.5 Å². The summed E-state index contributed by atoms with van der Waals surface area (Å²) in [6.45, 7) is 5.57. The molecule has 30 heavy (non-hydrogen) atoms. The average molecular weight is 425 g/mol. The maximum atomic E-state index is 13.5. The highest BCUT2D eigenvalue weighted by Crippen LogP contribution is 2.45. The SMILES string of the molecule is Cc1ccc(S(=O)(=O)N2CC(C)(CC(=O)N3CC=CCCC3)c3ccccc32)cc1. The number of nitrogens with zero attached hydrogens (tertiary/aromatic N) is 2. The summed E-state index contributed by atoms with van der Waals surface area (Å²) in [7, 11) is -3.71. The fourth-order valence-corrected chi connectivity index (χ4v) is 5.98. The largest absolute Gasteiger partial charge is 0.339 e. The van der Waals surface area contributed by atoms with Gasteiger partial charge in [-0.25, -0.2) is 8.42 Å². The molecular weight excluding hydrogens is 396 g/mol. The summed E-state index contributed by atoms with van der Waals surface area (Å²) >= 11 is 0. The first-order chi connectivity index (χ1) is 14.3. The standard InChI is InChI=1S/C24H28N2O3S/c1-19-11-13-20(14-12-19)30(28,29)26-18-24(2,21-9-5-6-10-22(21)26)17-23(27)25-15-7-3-4-8-16-25/h3,5-7,9-14H,4,8,15-18H2,1-2H3. The molecule has 2 heterocycles. The van der Waals surface area contributed by atoms with Gasteiger partial charge in [-0.15, -0.1) is 0 Å². The van der Waals surface area contributed by atoms with Crippen LogP contribution in [0.2, 0.25) is 0 Å². The second kappa shape index (κ2) is 7.91. The van der Waals surface area contributed by atoms with Crippen LogP contribution in [0.4, 0.5) is 5.69 Å². The van der Waals surface area contributed by atoms with Gasteiger partial charge in [-0.05, 0) is 43.5 Å². The Morgan fingerprint density at radius 3 is 2.57 bits per heavy atom. The van der Waals surface area contributed by atoms with Crippen LogP contribution in [-0.4, -0.2) is 38.9 Å². The lowest BCUT2D eigenvalue weighted by atomic mass is 9.81. The highest BCUT2D eigenvalue weighted by Gasteiger charge is 2.45. The number of carbonyl (C=O) groups excluding carboxylic acids is 1. The first-order valence-corrected chi connectivity index (χ1v) is 11.9. The molecule has 6 heteroatoms. The minimum absolute atomic E-state index is 0.0773. The van der Waals surface area contributed by atoms with E-state index in [1.165, 1.54) is 4.31 Å². The number of rotatable bonds is 4. The van der Waals surface area contributed by atoms with Crippen LogP contribution in [-0.2, 0) is 20.2 Å². The van der Waals surface area contributed by atoms with E-state index in [0.29, 0.717) is 12.2 Å². The average Bonchev–Trinajstić information content (AvgIpc) is 2.89. The van der Waals surface area contributed by atoms with Gasteiger partial charge in [0, 0.05) is 31.5 Å². The molecule has 1 atom stereocenters. The van der Waals surface area contributed by atoms with Crippen molar-refractivity contribution in [3.63, 3.8) is 0 Å². The van der Waals surface area contributed by atoms with Crippen molar-refractivity contribution in [1.29, 1.82) is 0 Å². The summed E-state index contributed by atoms with van der Waals surface area (Å²) in [5.74, 6) is 0.0773. The van der Waals surface area contributed by atoms with E-state index in [-0.39, 0.29) is 23.8 Å². The summed E-state index contributed by atoms with van der Waals surface area (Å²) in [6, 6.07) is 14.5. The van der Waals surface area contributed by atoms with E-state index in [2.05, 4.69) is 6.08 Å². The predicted molar refractivity (Wildman–Crippen MR) is 119 cm³/mol. The molecule has 0 N–H and O–H groups in total. The topological polar surface area (TPSA) is 57.7 Å².